The van der Waals surface area contributed by atoms with Crippen molar-refractivity contribution in [3.8, 4) is 0 Å². The van der Waals surface area contributed by atoms with Gasteiger partial charge in [-0.2, -0.15) is 0 Å². The third kappa shape index (κ3) is 4.58. The lowest BCUT2D eigenvalue weighted by atomic mass is 9.86. The van der Waals surface area contributed by atoms with E-state index in [9.17, 15) is 14.0 Å². The number of halogens is 1. The molecule has 5 nitrogen and oxygen atoms in total. The number of rotatable bonds is 3. The van der Waals surface area contributed by atoms with Crippen LogP contribution in [0.1, 0.15) is 59.3 Å². The van der Waals surface area contributed by atoms with Gasteiger partial charge in [0.25, 0.3) is 11.5 Å². The molecule has 1 aromatic heterocycles. The average molecular weight is 420 g/mol. The summed E-state index contributed by atoms with van der Waals surface area (Å²) in [4.78, 5) is 34.8. The molecule has 160 valence electrons. The Morgan fingerprint density at radius 2 is 1.77 bits per heavy atom. The van der Waals surface area contributed by atoms with E-state index in [1.807, 2.05) is 24.3 Å². The van der Waals surface area contributed by atoms with Crippen molar-refractivity contribution in [2.45, 2.75) is 45.6 Å². The zero-order chi connectivity index (χ0) is 22.2. The van der Waals surface area contributed by atoms with Crippen LogP contribution in [0.4, 0.5) is 4.39 Å². The Kier molecular flexibility index (Phi) is 5.48. The normalized spacial score (nSPS) is 13.7. The van der Waals surface area contributed by atoms with Crippen molar-refractivity contribution in [2.24, 2.45) is 0 Å². The van der Waals surface area contributed by atoms with Crippen molar-refractivity contribution in [3.63, 3.8) is 0 Å². The van der Waals surface area contributed by atoms with Crippen molar-refractivity contribution >= 4 is 5.91 Å². The predicted molar refractivity (Wildman–Crippen MR) is 118 cm³/mol. The molecule has 1 aliphatic rings. The van der Waals surface area contributed by atoms with Crippen LogP contribution >= 0.6 is 0 Å². The number of amides is 1. The zero-order valence-corrected chi connectivity index (χ0v) is 18.0. The third-order valence-corrected chi connectivity index (χ3v) is 5.69. The quantitative estimate of drug-likeness (QED) is 0.698. The molecule has 0 saturated carbocycles. The van der Waals surface area contributed by atoms with Gasteiger partial charge in [-0.15, -0.1) is 0 Å². The van der Waals surface area contributed by atoms with Gasteiger partial charge >= 0.3 is 0 Å². The van der Waals surface area contributed by atoms with Gasteiger partial charge in [0.1, 0.15) is 11.6 Å². The van der Waals surface area contributed by atoms with Gasteiger partial charge in [-0.3, -0.25) is 9.59 Å². The summed E-state index contributed by atoms with van der Waals surface area (Å²) in [5.41, 5.74) is 3.73. The fourth-order valence-electron chi connectivity index (χ4n) is 3.82. The maximum atomic E-state index is 13.1. The first kappa shape index (κ1) is 21.0. The average Bonchev–Trinajstić information content (AvgIpc) is 2.74. The topological polar surface area (TPSA) is 66.1 Å². The zero-order valence-electron chi connectivity index (χ0n) is 18.0. The molecule has 0 aliphatic carbocycles. The van der Waals surface area contributed by atoms with Gasteiger partial charge in [0.05, 0.1) is 17.8 Å². The van der Waals surface area contributed by atoms with Gasteiger partial charge < -0.3 is 9.88 Å². The van der Waals surface area contributed by atoms with Gasteiger partial charge in [-0.05, 0) is 40.8 Å². The van der Waals surface area contributed by atoms with E-state index in [-0.39, 0.29) is 29.2 Å². The molecule has 1 aliphatic heterocycles. The number of hydrogen-bond acceptors (Lipinski definition) is 3. The maximum absolute atomic E-state index is 13.1. The van der Waals surface area contributed by atoms with E-state index in [2.05, 4.69) is 30.7 Å². The summed E-state index contributed by atoms with van der Waals surface area (Å²) in [5, 5.41) is 0. The molecule has 2 aromatic carbocycles. The van der Waals surface area contributed by atoms with Gasteiger partial charge in [0.2, 0.25) is 0 Å². The maximum Gasteiger partial charge on any atom is 0.256 e. The minimum absolute atomic E-state index is 0.0240. The lowest BCUT2D eigenvalue weighted by Crippen LogP contribution is -2.39. The third-order valence-electron chi connectivity index (χ3n) is 5.69. The number of benzene rings is 2. The highest BCUT2D eigenvalue weighted by Gasteiger charge is 2.25. The summed E-state index contributed by atoms with van der Waals surface area (Å²) in [6, 6.07) is 13.8. The van der Waals surface area contributed by atoms with Crippen LogP contribution in [0.5, 0.6) is 0 Å². The van der Waals surface area contributed by atoms with E-state index < -0.39 is 0 Å². The highest BCUT2D eigenvalue weighted by molar-refractivity contribution is 5.94. The standard InChI is InChI=1S/C25H26FN3O2/c1-25(2,3)18-8-6-17(7-9-18)24(31)29-13-12-21-20(15-29)23(30)28-22(27-21)14-16-4-10-19(26)11-5-16/h4-11H,12-15H2,1-3H3,(H,27,28,30). The van der Waals surface area contributed by atoms with Crippen LogP contribution in [-0.2, 0) is 24.8 Å². The van der Waals surface area contributed by atoms with Crippen LogP contribution in [0.15, 0.2) is 53.3 Å². The molecular weight excluding hydrogens is 393 g/mol. The first-order valence-corrected chi connectivity index (χ1v) is 10.5. The molecule has 0 unspecified atom stereocenters. The highest BCUT2D eigenvalue weighted by Crippen LogP contribution is 2.23. The molecule has 0 spiro atoms. The number of hydrogen-bond donors (Lipinski definition) is 1. The molecule has 6 heteroatoms. The van der Waals surface area contributed by atoms with Gasteiger partial charge in [-0.25, -0.2) is 9.37 Å². The van der Waals surface area contributed by atoms with Crippen molar-refractivity contribution < 1.29 is 9.18 Å². The van der Waals surface area contributed by atoms with Gasteiger partial charge in [0.15, 0.2) is 0 Å². The minimum Gasteiger partial charge on any atom is -0.334 e. The van der Waals surface area contributed by atoms with Crippen LogP contribution < -0.4 is 5.56 Å². The SMILES string of the molecule is CC(C)(C)c1ccc(C(=O)N2CCc3nc(Cc4ccc(F)cc4)[nH]c(=O)c3C2)cc1. The Labute approximate surface area is 181 Å². The Morgan fingerprint density at radius 3 is 2.42 bits per heavy atom. The van der Waals surface area contributed by atoms with Crippen molar-refractivity contribution in [3.05, 3.63) is 98.5 Å². The van der Waals surface area contributed by atoms with Crippen LogP contribution in [0, 0.1) is 5.82 Å². The molecule has 4 rings (SSSR count). The fraction of sp³-hybridized carbons (Fsp3) is 0.320. The molecule has 1 N–H and O–H groups in total. The molecule has 0 fully saturated rings. The van der Waals surface area contributed by atoms with E-state index in [1.54, 1.807) is 17.0 Å². The number of carbonyl (C=O) groups is 1. The second-order valence-corrected chi connectivity index (χ2v) is 9.05. The van der Waals surface area contributed by atoms with Crippen molar-refractivity contribution in [2.75, 3.05) is 6.54 Å². The number of aromatic nitrogens is 2. The summed E-state index contributed by atoms with van der Waals surface area (Å²) in [7, 11) is 0. The Morgan fingerprint density at radius 1 is 1.10 bits per heavy atom. The monoisotopic (exact) mass is 419 g/mol. The molecule has 0 bridgehead atoms. The number of aromatic amines is 1. The number of nitrogens with one attached hydrogen (secondary N) is 1. The summed E-state index contributed by atoms with van der Waals surface area (Å²) < 4.78 is 13.1. The largest absolute Gasteiger partial charge is 0.334 e. The van der Waals surface area contributed by atoms with Crippen LogP contribution in [-0.4, -0.2) is 27.3 Å². The van der Waals surface area contributed by atoms with Crippen LogP contribution in [0.2, 0.25) is 0 Å². The number of carbonyl (C=O) groups excluding carboxylic acids is 1. The molecular formula is C25H26FN3O2. The number of H-pyrrole nitrogens is 1. The molecule has 0 saturated heterocycles. The Hall–Kier alpha value is -3.28. The number of nitrogens with zero attached hydrogens (tertiary/aromatic N) is 2. The molecule has 31 heavy (non-hydrogen) atoms. The van der Waals surface area contributed by atoms with Crippen molar-refractivity contribution in [1.29, 1.82) is 0 Å². The second-order valence-electron chi connectivity index (χ2n) is 9.05. The Bertz CT molecular complexity index is 1160. The second kappa shape index (κ2) is 8.10. The lowest BCUT2D eigenvalue weighted by molar-refractivity contribution is 0.0732. The van der Waals surface area contributed by atoms with Gasteiger partial charge in [-0.1, -0.05) is 45.0 Å². The molecule has 2 heterocycles. The first-order chi connectivity index (χ1) is 14.7. The molecule has 0 atom stereocenters. The lowest BCUT2D eigenvalue weighted by Gasteiger charge is -2.28. The summed E-state index contributed by atoms with van der Waals surface area (Å²) in [5.74, 6) is 0.169. The van der Waals surface area contributed by atoms with Gasteiger partial charge in [0, 0.05) is 24.9 Å². The van der Waals surface area contributed by atoms with E-state index in [1.165, 1.54) is 17.7 Å². The van der Waals surface area contributed by atoms with E-state index in [0.717, 1.165) is 11.3 Å². The van der Waals surface area contributed by atoms with E-state index in [4.69, 9.17) is 0 Å². The molecule has 0 radical (unpaired) electrons. The van der Waals surface area contributed by atoms with E-state index in [0.29, 0.717) is 36.3 Å². The fourth-order valence-corrected chi connectivity index (χ4v) is 3.82. The molecule has 1 amide bonds. The first-order valence-electron chi connectivity index (χ1n) is 10.5. The summed E-state index contributed by atoms with van der Waals surface area (Å²) >= 11 is 0. The summed E-state index contributed by atoms with van der Waals surface area (Å²) in [6.07, 6.45) is 0.951. The minimum atomic E-state index is -0.298. The highest BCUT2D eigenvalue weighted by atomic mass is 19.1. The smallest absolute Gasteiger partial charge is 0.256 e. The molecule has 3 aromatic rings. The predicted octanol–water partition coefficient (Wildman–Crippen LogP) is 4.00. The number of fused-ring (bicyclic) bond motifs is 1. The van der Waals surface area contributed by atoms with E-state index >= 15 is 0 Å². The summed E-state index contributed by atoms with van der Waals surface area (Å²) in [6.45, 7) is 7.16. The van der Waals surface area contributed by atoms with Crippen LogP contribution in [0.25, 0.3) is 0 Å². The Balaban J connectivity index is 1.51. The van der Waals surface area contributed by atoms with Crippen LogP contribution in [0.3, 0.4) is 0 Å². The van der Waals surface area contributed by atoms with Crippen molar-refractivity contribution in [1.82, 2.24) is 14.9 Å².